The van der Waals surface area contributed by atoms with Crippen molar-refractivity contribution in [1.82, 2.24) is 56.0 Å². The molecule has 22 heteroatoms. The van der Waals surface area contributed by atoms with E-state index in [-0.39, 0.29) is 75.5 Å². The predicted octanol–water partition coefficient (Wildman–Crippen LogP) is -5.64. The predicted molar refractivity (Wildman–Crippen MR) is 180 cm³/mol. The number of fused-ring (bicyclic) bond motifs is 2. The van der Waals surface area contributed by atoms with E-state index in [0.29, 0.717) is 24.2 Å². The van der Waals surface area contributed by atoms with Crippen molar-refractivity contribution in [2.24, 2.45) is 12.5 Å². The maximum atomic E-state index is 13.8. The first-order valence-corrected chi connectivity index (χ1v) is 17.8. The maximum Gasteiger partial charge on any atom is 1.00 e. The van der Waals surface area contributed by atoms with Gasteiger partial charge in [-0.1, -0.05) is 23.9 Å². The van der Waals surface area contributed by atoms with Gasteiger partial charge in [-0.3, -0.25) is 19.2 Å². The normalized spacial score (nSPS) is 21.8. The quantitative estimate of drug-likeness (QED) is 0.0574. The van der Waals surface area contributed by atoms with Crippen molar-refractivity contribution in [3.8, 4) is 5.75 Å². The monoisotopic (exact) mass is 758 g/mol. The minimum atomic E-state index is -1.39. The molecular formula is C30H31N12NaO7S2. The molecule has 3 aromatic heterocycles. The fourth-order valence-electron chi connectivity index (χ4n) is 6.04. The van der Waals surface area contributed by atoms with Gasteiger partial charge in [0.1, 0.15) is 34.4 Å². The number of benzene rings is 1. The molecule has 3 saturated heterocycles. The second kappa shape index (κ2) is 15.4. The van der Waals surface area contributed by atoms with Crippen molar-refractivity contribution in [3.63, 3.8) is 0 Å². The summed E-state index contributed by atoms with van der Waals surface area (Å²) < 4.78 is 1.41. The fraction of sp³-hybridized carbons (Fsp3) is 0.400. The number of nitrogens with one attached hydrogen (secondary N) is 4. The van der Waals surface area contributed by atoms with Crippen LogP contribution < -0.4 is 60.9 Å². The van der Waals surface area contributed by atoms with Crippen LogP contribution in [-0.4, -0.2) is 125 Å². The van der Waals surface area contributed by atoms with Gasteiger partial charge in [0.05, 0.1) is 11.4 Å². The molecule has 3 amide bonds. The Balaban J connectivity index is 0.00000464. The number of amides is 3. The van der Waals surface area contributed by atoms with E-state index in [1.807, 2.05) is 4.90 Å². The summed E-state index contributed by atoms with van der Waals surface area (Å²) in [7, 11) is 1.62. The SMILES string of the molecule is Cn1nnnc1SCC1(C(=O)[O-])CS[C@@H]2C(NC(=O)C(NC(=O)c3c[nH]c4nc(N5CCNCC5)ncc4c3=O)c3ccc(O)cc3)C(=O)N2C1.[Na+]. The summed E-state index contributed by atoms with van der Waals surface area (Å²) in [6.45, 7) is 2.80. The van der Waals surface area contributed by atoms with Gasteiger partial charge in [0.25, 0.3) is 5.91 Å². The van der Waals surface area contributed by atoms with E-state index in [9.17, 15) is 34.2 Å². The third kappa shape index (κ3) is 7.20. The van der Waals surface area contributed by atoms with Gasteiger partial charge >= 0.3 is 29.6 Å². The number of anilines is 1. The van der Waals surface area contributed by atoms with Crippen LogP contribution in [0.3, 0.4) is 0 Å². The number of hydrogen-bond acceptors (Lipinski definition) is 16. The minimum absolute atomic E-state index is 0. The number of carbonyl (C=O) groups excluding carboxylic acids is 4. The van der Waals surface area contributed by atoms with E-state index in [0.717, 1.165) is 24.9 Å². The molecule has 0 radical (unpaired) electrons. The number of aromatic amines is 1. The molecule has 5 N–H and O–H groups in total. The van der Waals surface area contributed by atoms with E-state index >= 15 is 0 Å². The Morgan fingerprint density at radius 2 is 1.94 bits per heavy atom. The standard InChI is InChI=1S/C30H32N12O7S2.Na/c1-40-29(37-38-39-40)51-14-30(27(48)49)12-42-25(47)20(26(42)50-13-30)35-24(46)19(15-2-4-16(43)5-3-15)34-23(45)18-11-32-22-17(21(18)44)10-33-28(36-22)41-8-6-31-7-9-41;/h2-5,10-11,19-20,26,31,43H,6-9,12-14H2,1H3,(H,34,45)(H,35,46)(H,48,49)(H,32,33,36,44);/q;+1/p-1/t19?,20?,26-,30?;/m1./s1. The zero-order valence-electron chi connectivity index (χ0n) is 27.9. The number of rotatable bonds is 10. The number of piperazine rings is 1. The van der Waals surface area contributed by atoms with Crippen molar-refractivity contribution in [2.45, 2.75) is 22.6 Å². The van der Waals surface area contributed by atoms with Crippen LogP contribution in [0.4, 0.5) is 5.95 Å². The number of aliphatic carboxylic acids is 1. The number of nitrogens with zero attached hydrogens (tertiary/aromatic N) is 8. The third-order valence-corrected chi connectivity index (χ3v) is 11.8. The van der Waals surface area contributed by atoms with Gasteiger partial charge in [0, 0.05) is 69.1 Å². The first-order chi connectivity index (χ1) is 24.5. The number of phenols is 1. The Labute approximate surface area is 325 Å². The molecule has 0 aliphatic carbocycles. The van der Waals surface area contributed by atoms with Crippen LogP contribution in [0.2, 0.25) is 0 Å². The minimum Gasteiger partial charge on any atom is -0.549 e. The van der Waals surface area contributed by atoms with Crippen LogP contribution in [-0.2, 0) is 21.4 Å². The van der Waals surface area contributed by atoms with E-state index in [4.69, 9.17) is 0 Å². The molecule has 1 aromatic carbocycles. The summed E-state index contributed by atoms with van der Waals surface area (Å²) in [6.07, 6.45) is 2.57. The number of carboxylic acid groups (broad SMARTS) is 1. The molecular weight excluding hydrogens is 728 g/mol. The molecule has 52 heavy (non-hydrogen) atoms. The van der Waals surface area contributed by atoms with Crippen LogP contribution in [0.25, 0.3) is 11.0 Å². The molecule has 0 bridgehead atoms. The average Bonchev–Trinajstić information content (AvgIpc) is 3.56. The van der Waals surface area contributed by atoms with E-state index in [1.165, 1.54) is 58.0 Å². The number of phenolic OH excluding ortho intramolecular Hbond substituents is 1. The molecule has 19 nitrogen and oxygen atoms in total. The molecule has 3 unspecified atom stereocenters. The van der Waals surface area contributed by atoms with Gasteiger partial charge in [0.15, 0.2) is 0 Å². The van der Waals surface area contributed by atoms with Gasteiger partial charge in [-0.15, -0.1) is 16.9 Å². The van der Waals surface area contributed by atoms with Crippen molar-refractivity contribution >= 4 is 64.2 Å². The second-order valence-electron chi connectivity index (χ2n) is 12.3. The Kier molecular flexibility index (Phi) is 11.1. The number of carboxylic acids is 1. The topological polar surface area (TPSA) is 256 Å². The van der Waals surface area contributed by atoms with Gasteiger partial charge in [-0.05, 0) is 28.1 Å². The smallest absolute Gasteiger partial charge is 0.549 e. The third-order valence-electron chi connectivity index (χ3n) is 8.96. The number of tetrazole rings is 1. The number of aromatic hydroxyl groups is 1. The molecule has 266 valence electrons. The number of aryl methyl sites for hydroxylation is 1. The Morgan fingerprint density at radius 3 is 2.63 bits per heavy atom. The van der Waals surface area contributed by atoms with Crippen LogP contribution >= 0.6 is 23.5 Å². The number of hydrogen-bond donors (Lipinski definition) is 5. The van der Waals surface area contributed by atoms with E-state index in [2.05, 4.69) is 46.4 Å². The fourth-order valence-corrected chi connectivity index (χ4v) is 8.74. The summed E-state index contributed by atoms with van der Waals surface area (Å²) in [5.74, 6) is -2.93. The summed E-state index contributed by atoms with van der Waals surface area (Å²) in [5.41, 5.74) is -1.81. The molecule has 3 fully saturated rings. The molecule has 4 atom stereocenters. The van der Waals surface area contributed by atoms with Crippen LogP contribution in [0, 0.1) is 5.41 Å². The molecule has 4 aromatic rings. The van der Waals surface area contributed by atoms with Crippen LogP contribution in [0.5, 0.6) is 5.75 Å². The van der Waals surface area contributed by atoms with Crippen molar-refractivity contribution < 1.29 is 58.9 Å². The molecule has 0 spiro atoms. The van der Waals surface area contributed by atoms with Crippen LogP contribution in [0.15, 0.2) is 46.6 Å². The summed E-state index contributed by atoms with van der Waals surface area (Å²) in [4.78, 5) is 81.5. The summed E-state index contributed by atoms with van der Waals surface area (Å²) in [5, 5.41) is 41.8. The van der Waals surface area contributed by atoms with Crippen molar-refractivity contribution in [3.05, 3.63) is 58.0 Å². The summed E-state index contributed by atoms with van der Waals surface area (Å²) >= 11 is 2.32. The van der Waals surface area contributed by atoms with Crippen molar-refractivity contribution in [1.29, 1.82) is 0 Å². The first kappa shape index (κ1) is 37.5. The van der Waals surface area contributed by atoms with Crippen molar-refractivity contribution in [2.75, 3.05) is 49.1 Å². The van der Waals surface area contributed by atoms with Gasteiger partial charge in [-0.25, -0.2) is 9.67 Å². The van der Waals surface area contributed by atoms with Crippen LogP contribution in [0.1, 0.15) is 22.0 Å². The Hall–Kier alpha value is -4.28. The molecule has 7 rings (SSSR count). The zero-order valence-corrected chi connectivity index (χ0v) is 31.6. The average molecular weight is 759 g/mol. The number of thioether (sulfide) groups is 2. The molecule has 0 saturated carbocycles. The summed E-state index contributed by atoms with van der Waals surface area (Å²) in [6, 6.07) is 3.13. The number of pyridine rings is 1. The van der Waals surface area contributed by atoms with Gasteiger partial charge in [-0.2, -0.15) is 4.98 Å². The van der Waals surface area contributed by atoms with Gasteiger partial charge < -0.3 is 45.7 Å². The molecule has 6 heterocycles. The Morgan fingerprint density at radius 1 is 1.19 bits per heavy atom. The van der Waals surface area contributed by atoms with E-state index in [1.54, 1.807) is 7.05 Å². The number of aromatic nitrogens is 7. The Bertz CT molecular complexity index is 2080. The number of β-lactam (4-membered cyclic amide) rings is 1. The second-order valence-corrected chi connectivity index (χ2v) is 14.3. The first-order valence-electron chi connectivity index (χ1n) is 15.8. The largest absolute Gasteiger partial charge is 1.00 e. The van der Waals surface area contributed by atoms with Gasteiger partial charge in [0.2, 0.25) is 28.3 Å². The maximum absolute atomic E-state index is 13.8. The molecule has 3 aliphatic rings. The number of carbonyl (C=O) groups is 4. The number of H-pyrrole nitrogens is 1. The zero-order chi connectivity index (χ0) is 35.9. The van der Waals surface area contributed by atoms with E-state index < -0.39 is 52.0 Å². The molecule has 3 aliphatic heterocycles.